The molecule has 24 heavy (non-hydrogen) atoms. The number of carbonyl (C=O) groups excluding carboxylic acids is 1. The van der Waals surface area contributed by atoms with Crippen LogP contribution in [-0.4, -0.2) is 46.6 Å². The smallest absolute Gasteiger partial charge is 0.245 e. The molecule has 0 aromatic rings. The van der Waals surface area contributed by atoms with E-state index in [1.807, 2.05) is 29.2 Å². The Labute approximate surface area is 146 Å². The molecule has 1 unspecified atom stereocenters. The fourth-order valence-corrected chi connectivity index (χ4v) is 3.94. The van der Waals surface area contributed by atoms with Crippen LogP contribution in [-0.2, 0) is 9.63 Å². The fourth-order valence-electron chi connectivity index (χ4n) is 3.94. The van der Waals surface area contributed by atoms with Crippen molar-refractivity contribution < 1.29 is 9.63 Å². The fraction of sp³-hybridized carbons (Fsp3) is 0.650. The molecule has 1 amide bonds. The summed E-state index contributed by atoms with van der Waals surface area (Å²) in [5.74, 6) is 0.161. The standard InChI is InChI=1S/C20H32N2O2/c1-7-20(8-2)18(23)21(6)15-19(4,5)22(20)24-16(3)17-13-11-9-10-12-14-17/h9-13,16H,7-8,14-15H2,1-6H3. The lowest BCUT2D eigenvalue weighted by Gasteiger charge is -2.56. The second-order valence-corrected chi connectivity index (χ2v) is 7.51. The van der Waals surface area contributed by atoms with Crippen LogP contribution in [0.2, 0.25) is 0 Å². The van der Waals surface area contributed by atoms with Gasteiger partial charge in [0.15, 0.2) is 0 Å². The molecule has 0 bridgehead atoms. The van der Waals surface area contributed by atoms with Crippen molar-refractivity contribution in [3.05, 3.63) is 36.0 Å². The maximum Gasteiger partial charge on any atom is 0.245 e. The Hall–Kier alpha value is -1.39. The molecule has 2 aliphatic rings. The average Bonchev–Trinajstić information content (AvgIpc) is 2.82. The zero-order chi connectivity index (χ0) is 18.0. The first-order chi connectivity index (χ1) is 11.3. The van der Waals surface area contributed by atoms with E-state index in [0.29, 0.717) is 6.54 Å². The number of rotatable bonds is 5. The largest absolute Gasteiger partial charge is 0.342 e. The molecule has 0 spiro atoms. The maximum atomic E-state index is 13.0. The number of piperazine rings is 1. The molecule has 1 aliphatic heterocycles. The molecule has 0 aromatic carbocycles. The zero-order valence-electron chi connectivity index (χ0n) is 16.0. The van der Waals surface area contributed by atoms with Crippen molar-refractivity contribution in [2.45, 2.75) is 71.1 Å². The molecule has 1 heterocycles. The minimum Gasteiger partial charge on any atom is -0.342 e. The third-order valence-electron chi connectivity index (χ3n) is 5.29. The van der Waals surface area contributed by atoms with E-state index in [-0.39, 0.29) is 17.6 Å². The Bertz CT molecular complexity index is 556. The number of nitrogens with zero attached hydrogens (tertiary/aromatic N) is 2. The topological polar surface area (TPSA) is 32.8 Å². The van der Waals surface area contributed by atoms with E-state index in [1.54, 1.807) is 0 Å². The predicted molar refractivity (Wildman–Crippen MR) is 98.4 cm³/mol. The SMILES string of the molecule is CCC1(CC)C(=O)N(C)CC(C)(C)N1OC(C)C1=CC=CC=CC1. The number of allylic oxidation sites excluding steroid dienone is 5. The summed E-state index contributed by atoms with van der Waals surface area (Å²) in [5.41, 5.74) is 0.394. The second-order valence-electron chi connectivity index (χ2n) is 7.51. The van der Waals surface area contributed by atoms with E-state index in [1.165, 1.54) is 5.57 Å². The van der Waals surface area contributed by atoms with Gasteiger partial charge in [0.25, 0.3) is 0 Å². The minimum absolute atomic E-state index is 0.0645. The molecule has 1 atom stereocenters. The van der Waals surface area contributed by atoms with Crippen LogP contribution in [0.5, 0.6) is 0 Å². The predicted octanol–water partition coefficient (Wildman–Crippen LogP) is 3.86. The van der Waals surface area contributed by atoms with Crippen LogP contribution in [0.25, 0.3) is 0 Å². The first kappa shape index (κ1) is 18.9. The lowest BCUT2D eigenvalue weighted by atomic mass is 9.83. The molecular weight excluding hydrogens is 300 g/mol. The summed E-state index contributed by atoms with van der Waals surface area (Å²) in [4.78, 5) is 21.3. The first-order valence-electron chi connectivity index (χ1n) is 9.03. The number of hydrogen-bond donors (Lipinski definition) is 0. The maximum absolute atomic E-state index is 13.0. The van der Waals surface area contributed by atoms with Crippen molar-refractivity contribution in [1.82, 2.24) is 9.96 Å². The van der Waals surface area contributed by atoms with Gasteiger partial charge < -0.3 is 4.90 Å². The van der Waals surface area contributed by atoms with Crippen molar-refractivity contribution in [2.75, 3.05) is 13.6 Å². The van der Waals surface area contributed by atoms with E-state index in [9.17, 15) is 4.79 Å². The lowest BCUT2D eigenvalue weighted by Crippen LogP contribution is -2.72. The Morgan fingerprint density at radius 2 is 1.88 bits per heavy atom. The zero-order valence-corrected chi connectivity index (χ0v) is 16.0. The third-order valence-corrected chi connectivity index (χ3v) is 5.29. The summed E-state index contributed by atoms with van der Waals surface area (Å²) in [6.45, 7) is 11.2. The molecule has 0 radical (unpaired) electrons. The van der Waals surface area contributed by atoms with Crippen LogP contribution in [0.4, 0.5) is 0 Å². The number of carbonyl (C=O) groups is 1. The molecule has 4 heteroatoms. The molecule has 0 N–H and O–H groups in total. The highest BCUT2D eigenvalue weighted by Gasteiger charge is 2.54. The van der Waals surface area contributed by atoms with Gasteiger partial charge in [-0.1, -0.05) is 44.2 Å². The minimum atomic E-state index is -0.596. The van der Waals surface area contributed by atoms with Crippen molar-refractivity contribution in [3.8, 4) is 0 Å². The van der Waals surface area contributed by atoms with Crippen molar-refractivity contribution >= 4 is 5.91 Å². The van der Waals surface area contributed by atoms with Gasteiger partial charge in [-0.05, 0) is 45.6 Å². The number of hydrogen-bond acceptors (Lipinski definition) is 3. The molecule has 2 rings (SSSR count). The van der Waals surface area contributed by atoms with E-state index >= 15 is 0 Å². The van der Waals surface area contributed by atoms with Crippen molar-refractivity contribution in [2.24, 2.45) is 0 Å². The monoisotopic (exact) mass is 332 g/mol. The Balaban J connectivity index is 2.32. The van der Waals surface area contributed by atoms with E-state index in [2.05, 4.69) is 52.8 Å². The van der Waals surface area contributed by atoms with E-state index < -0.39 is 5.54 Å². The first-order valence-corrected chi connectivity index (χ1v) is 9.03. The van der Waals surface area contributed by atoms with Gasteiger partial charge in [-0.15, -0.1) is 0 Å². The quantitative estimate of drug-likeness (QED) is 0.766. The van der Waals surface area contributed by atoms with Gasteiger partial charge in [-0.3, -0.25) is 9.63 Å². The van der Waals surface area contributed by atoms with Gasteiger partial charge in [-0.25, -0.2) is 0 Å². The summed E-state index contributed by atoms with van der Waals surface area (Å²) in [6, 6.07) is 0. The van der Waals surface area contributed by atoms with Gasteiger partial charge in [-0.2, -0.15) is 5.06 Å². The summed E-state index contributed by atoms with van der Waals surface area (Å²) in [5, 5.41) is 2.01. The van der Waals surface area contributed by atoms with Gasteiger partial charge in [0.1, 0.15) is 5.54 Å². The molecule has 4 nitrogen and oxygen atoms in total. The van der Waals surface area contributed by atoms with Crippen LogP contribution >= 0.6 is 0 Å². The summed E-state index contributed by atoms with van der Waals surface area (Å²) in [6.07, 6.45) is 12.7. The van der Waals surface area contributed by atoms with Gasteiger partial charge >= 0.3 is 0 Å². The van der Waals surface area contributed by atoms with Crippen molar-refractivity contribution in [3.63, 3.8) is 0 Å². The van der Waals surface area contributed by atoms with Crippen molar-refractivity contribution in [1.29, 1.82) is 0 Å². The van der Waals surface area contributed by atoms with Crippen LogP contribution in [0, 0.1) is 0 Å². The second kappa shape index (κ2) is 7.24. The highest BCUT2D eigenvalue weighted by Crippen LogP contribution is 2.39. The number of amides is 1. The normalized spacial score (nSPS) is 24.7. The highest BCUT2D eigenvalue weighted by atomic mass is 16.7. The average molecular weight is 332 g/mol. The molecular formula is C20H32N2O2. The number of likely N-dealkylation sites (N-methyl/N-ethyl adjacent to an activating group) is 1. The van der Waals surface area contributed by atoms with Crippen LogP contribution in [0.1, 0.15) is 53.9 Å². The van der Waals surface area contributed by atoms with Crippen LogP contribution in [0.15, 0.2) is 36.0 Å². The van der Waals surface area contributed by atoms with Gasteiger partial charge in [0.05, 0.1) is 11.6 Å². The summed E-state index contributed by atoms with van der Waals surface area (Å²) < 4.78 is 0. The van der Waals surface area contributed by atoms with Gasteiger partial charge in [0, 0.05) is 13.6 Å². The summed E-state index contributed by atoms with van der Waals surface area (Å²) in [7, 11) is 1.90. The third kappa shape index (κ3) is 3.35. The Morgan fingerprint density at radius 1 is 1.21 bits per heavy atom. The Morgan fingerprint density at radius 3 is 2.50 bits per heavy atom. The molecule has 1 fully saturated rings. The Kier molecular flexibility index (Phi) is 5.71. The lowest BCUT2D eigenvalue weighted by molar-refractivity contribution is -0.299. The van der Waals surface area contributed by atoms with Crippen LogP contribution in [0.3, 0.4) is 0 Å². The van der Waals surface area contributed by atoms with E-state index in [0.717, 1.165) is 19.3 Å². The van der Waals surface area contributed by atoms with Gasteiger partial charge in [0.2, 0.25) is 5.91 Å². The molecule has 0 aromatic heterocycles. The highest BCUT2D eigenvalue weighted by molar-refractivity contribution is 5.87. The van der Waals surface area contributed by atoms with E-state index in [4.69, 9.17) is 4.84 Å². The molecule has 1 aliphatic carbocycles. The van der Waals surface area contributed by atoms with Crippen LogP contribution < -0.4 is 0 Å². The molecule has 134 valence electrons. The number of hydroxylamine groups is 2. The summed E-state index contributed by atoms with van der Waals surface area (Å²) >= 11 is 0. The molecule has 0 saturated carbocycles. The molecule has 1 saturated heterocycles.